The second-order valence-electron chi connectivity index (χ2n) is 1.22. The van der Waals surface area contributed by atoms with Gasteiger partial charge < -0.3 is 0 Å². The van der Waals surface area contributed by atoms with Crippen molar-refractivity contribution in [3.05, 3.63) is 0 Å². The van der Waals surface area contributed by atoms with Gasteiger partial charge in [0.25, 0.3) is 11.3 Å². The topological polar surface area (TPSA) is 40.4 Å². The fraction of sp³-hybridized carbons (Fsp3) is 1.00. The standard InChI is InChI=1S/C4H10NO2S/c1-3-4-7-8(6)5-2/h3-4H2,1-2H3. The largest absolute Gasteiger partial charge is 0.277 e. The van der Waals surface area contributed by atoms with Crippen LogP contribution in [0, 0.1) is 0 Å². The van der Waals surface area contributed by atoms with Gasteiger partial charge in [-0.2, -0.15) is 0 Å². The first-order chi connectivity index (χ1) is 3.81. The molecule has 4 heteroatoms. The Morgan fingerprint density at radius 1 is 1.75 bits per heavy atom. The zero-order valence-electron chi connectivity index (χ0n) is 5.09. The predicted octanol–water partition coefficient (Wildman–Crippen LogP) is 0.226. The summed E-state index contributed by atoms with van der Waals surface area (Å²) in [7, 11) is 1.46. The number of hydrogen-bond acceptors (Lipinski definition) is 2. The van der Waals surface area contributed by atoms with Crippen molar-refractivity contribution in [3.8, 4) is 0 Å². The van der Waals surface area contributed by atoms with Crippen molar-refractivity contribution in [1.82, 2.24) is 4.72 Å². The van der Waals surface area contributed by atoms with E-state index in [9.17, 15) is 4.21 Å². The van der Waals surface area contributed by atoms with Crippen molar-refractivity contribution in [2.75, 3.05) is 13.7 Å². The van der Waals surface area contributed by atoms with Gasteiger partial charge in [0, 0.05) is 7.05 Å². The molecule has 0 aliphatic rings. The summed E-state index contributed by atoms with van der Waals surface area (Å²) in [5.41, 5.74) is 0. The van der Waals surface area contributed by atoms with Gasteiger partial charge in [-0.3, -0.25) is 4.18 Å². The Labute approximate surface area is 52.2 Å². The highest BCUT2D eigenvalue weighted by molar-refractivity contribution is 7.77. The zero-order chi connectivity index (χ0) is 6.41. The van der Waals surface area contributed by atoms with Crippen LogP contribution in [0.2, 0.25) is 0 Å². The van der Waals surface area contributed by atoms with Crippen molar-refractivity contribution in [2.45, 2.75) is 13.3 Å². The summed E-state index contributed by atoms with van der Waals surface area (Å²) in [5, 5.41) is 0. The van der Waals surface area contributed by atoms with E-state index in [1.165, 1.54) is 7.05 Å². The smallest absolute Gasteiger partial charge is 0.252 e. The average Bonchev–Trinajstić information content (AvgIpc) is 1.83. The molecule has 0 saturated carbocycles. The zero-order valence-corrected chi connectivity index (χ0v) is 5.90. The molecule has 1 unspecified atom stereocenters. The van der Waals surface area contributed by atoms with Crippen molar-refractivity contribution in [1.29, 1.82) is 0 Å². The van der Waals surface area contributed by atoms with Gasteiger partial charge in [0.15, 0.2) is 0 Å². The van der Waals surface area contributed by atoms with E-state index in [1.54, 1.807) is 0 Å². The third-order valence-electron chi connectivity index (χ3n) is 0.537. The summed E-state index contributed by atoms with van der Waals surface area (Å²) in [4.78, 5) is 0. The summed E-state index contributed by atoms with van der Waals surface area (Å²) in [6, 6.07) is 0. The Morgan fingerprint density at radius 2 is 2.38 bits per heavy atom. The van der Waals surface area contributed by atoms with Gasteiger partial charge in [-0.05, 0) is 6.42 Å². The molecule has 0 amide bonds. The maximum atomic E-state index is 10.3. The summed E-state index contributed by atoms with van der Waals surface area (Å²) in [6.07, 6.45) is 0.876. The third kappa shape index (κ3) is 4.23. The maximum absolute atomic E-state index is 10.3. The summed E-state index contributed by atoms with van der Waals surface area (Å²) in [6.45, 7) is 2.47. The molecule has 0 saturated heterocycles. The molecule has 0 N–H and O–H groups in total. The molecule has 1 radical (unpaired) electrons. The fourth-order valence-electron chi connectivity index (χ4n) is 0.207. The molecule has 3 nitrogen and oxygen atoms in total. The molecular formula is C4H10NO2S. The van der Waals surface area contributed by atoms with E-state index in [-0.39, 0.29) is 0 Å². The van der Waals surface area contributed by atoms with Crippen LogP contribution < -0.4 is 4.72 Å². The molecule has 0 fully saturated rings. The van der Waals surface area contributed by atoms with E-state index >= 15 is 0 Å². The summed E-state index contributed by atoms with van der Waals surface area (Å²) < 4.78 is 18.3. The SMILES string of the molecule is CCCOS(=O)[N]C. The Bertz CT molecular complexity index is 76.4. The molecule has 49 valence electrons. The highest BCUT2D eigenvalue weighted by atomic mass is 32.2. The van der Waals surface area contributed by atoms with Crippen LogP contribution in [0.4, 0.5) is 0 Å². The van der Waals surface area contributed by atoms with Gasteiger partial charge in [-0.25, -0.2) is 4.21 Å². The lowest BCUT2D eigenvalue weighted by Gasteiger charge is -1.94. The number of nitrogens with zero attached hydrogens (tertiary/aromatic N) is 1. The summed E-state index contributed by atoms with van der Waals surface area (Å²) in [5.74, 6) is 0. The molecule has 0 bridgehead atoms. The quantitative estimate of drug-likeness (QED) is 0.555. The fourth-order valence-corrected chi connectivity index (χ4v) is 0.622. The Morgan fingerprint density at radius 3 is 2.75 bits per heavy atom. The van der Waals surface area contributed by atoms with Crippen LogP contribution >= 0.6 is 0 Å². The molecule has 0 aromatic carbocycles. The first-order valence-electron chi connectivity index (χ1n) is 2.46. The summed E-state index contributed by atoms with van der Waals surface area (Å²) >= 11 is -1.40. The predicted molar refractivity (Wildman–Crippen MR) is 32.4 cm³/mol. The first kappa shape index (κ1) is 8.07. The lowest BCUT2D eigenvalue weighted by molar-refractivity contribution is 0.343. The monoisotopic (exact) mass is 136 g/mol. The van der Waals surface area contributed by atoms with Crippen molar-refractivity contribution >= 4 is 11.3 Å². The van der Waals surface area contributed by atoms with Crippen molar-refractivity contribution in [2.24, 2.45) is 0 Å². The molecule has 0 aromatic heterocycles. The van der Waals surface area contributed by atoms with Gasteiger partial charge in [0.2, 0.25) is 0 Å². The van der Waals surface area contributed by atoms with Crippen LogP contribution in [0.15, 0.2) is 0 Å². The van der Waals surface area contributed by atoms with Crippen molar-refractivity contribution < 1.29 is 8.39 Å². The van der Waals surface area contributed by atoms with Crippen LogP contribution in [0.1, 0.15) is 13.3 Å². The minimum atomic E-state index is -1.40. The lowest BCUT2D eigenvalue weighted by atomic mass is 10.5. The highest BCUT2D eigenvalue weighted by Gasteiger charge is 1.91. The maximum Gasteiger partial charge on any atom is 0.252 e. The molecular weight excluding hydrogens is 126 g/mol. The number of rotatable bonds is 4. The van der Waals surface area contributed by atoms with Crippen LogP contribution in [-0.2, 0) is 15.4 Å². The molecule has 0 aliphatic carbocycles. The van der Waals surface area contributed by atoms with E-state index in [4.69, 9.17) is 0 Å². The Balaban J connectivity index is 2.99. The number of hydrogen-bond donors (Lipinski definition) is 0. The average molecular weight is 136 g/mol. The Hall–Kier alpha value is 0.0700. The molecule has 1 atom stereocenters. The van der Waals surface area contributed by atoms with E-state index in [2.05, 4.69) is 8.91 Å². The second kappa shape index (κ2) is 5.21. The molecule has 0 rings (SSSR count). The molecule has 8 heavy (non-hydrogen) atoms. The van der Waals surface area contributed by atoms with Gasteiger partial charge in [-0.1, -0.05) is 6.92 Å². The minimum Gasteiger partial charge on any atom is -0.277 e. The van der Waals surface area contributed by atoms with Gasteiger partial charge in [0.1, 0.15) is 0 Å². The second-order valence-corrected chi connectivity index (χ2v) is 2.26. The molecule has 0 spiro atoms. The van der Waals surface area contributed by atoms with E-state index in [1.807, 2.05) is 6.92 Å². The van der Waals surface area contributed by atoms with Gasteiger partial charge in [0.05, 0.1) is 6.61 Å². The van der Waals surface area contributed by atoms with E-state index in [0.717, 1.165) is 6.42 Å². The minimum absolute atomic E-state index is 0.518. The van der Waals surface area contributed by atoms with Gasteiger partial charge in [-0.15, -0.1) is 4.72 Å². The Kier molecular flexibility index (Phi) is 5.26. The third-order valence-corrected chi connectivity index (χ3v) is 1.20. The highest BCUT2D eigenvalue weighted by Crippen LogP contribution is 1.82. The molecule has 0 aliphatic heterocycles. The van der Waals surface area contributed by atoms with E-state index in [0.29, 0.717) is 6.61 Å². The normalized spacial score (nSPS) is 13.8. The van der Waals surface area contributed by atoms with Crippen LogP contribution in [0.25, 0.3) is 0 Å². The molecule has 0 aromatic rings. The van der Waals surface area contributed by atoms with Crippen molar-refractivity contribution in [3.63, 3.8) is 0 Å². The van der Waals surface area contributed by atoms with Crippen LogP contribution in [0.3, 0.4) is 0 Å². The van der Waals surface area contributed by atoms with Crippen LogP contribution in [0.5, 0.6) is 0 Å². The molecule has 0 heterocycles. The van der Waals surface area contributed by atoms with Crippen LogP contribution in [-0.4, -0.2) is 17.9 Å². The first-order valence-corrected chi connectivity index (χ1v) is 3.49. The lowest BCUT2D eigenvalue weighted by Crippen LogP contribution is -2.06. The van der Waals surface area contributed by atoms with Gasteiger partial charge >= 0.3 is 0 Å². The van der Waals surface area contributed by atoms with E-state index < -0.39 is 11.3 Å².